The summed E-state index contributed by atoms with van der Waals surface area (Å²) in [6, 6.07) is 0. The van der Waals surface area contributed by atoms with Crippen LogP contribution in [0.2, 0.25) is 0 Å². The van der Waals surface area contributed by atoms with Crippen molar-refractivity contribution in [3.05, 3.63) is 23.8 Å². The summed E-state index contributed by atoms with van der Waals surface area (Å²) < 4.78 is 5.19. The first-order valence-electron chi connectivity index (χ1n) is 6.93. The fraction of sp³-hybridized carbons (Fsp3) is 0.688. The molecule has 0 aliphatic rings. The highest BCUT2D eigenvalue weighted by Crippen LogP contribution is 2.09. The van der Waals surface area contributed by atoms with Gasteiger partial charge in [-0.25, -0.2) is 4.79 Å². The van der Waals surface area contributed by atoms with Gasteiger partial charge in [0.15, 0.2) is 0 Å². The summed E-state index contributed by atoms with van der Waals surface area (Å²) in [6.45, 7) is 9.84. The first-order chi connectivity index (χ1) is 8.35. The van der Waals surface area contributed by atoms with Crippen LogP contribution >= 0.6 is 0 Å². The zero-order chi connectivity index (χ0) is 14.0. The molecule has 104 valence electrons. The monoisotopic (exact) mass is 252 g/mol. The number of esters is 1. The van der Waals surface area contributed by atoms with Crippen molar-refractivity contribution in [1.29, 1.82) is 0 Å². The third kappa shape index (κ3) is 11.4. The zero-order valence-corrected chi connectivity index (χ0v) is 12.6. The lowest BCUT2D eigenvalue weighted by atomic mass is 10.1. The van der Waals surface area contributed by atoms with Gasteiger partial charge in [0.1, 0.15) is 5.60 Å². The van der Waals surface area contributed by atoms with Crippen LogP contribution in [0.3, 0.4) is 0 Å². The summed E-state index contributed by atoms with van der Waals surface area (Å²) in [4.78, 5) is 11.4. The maximum Gasteiger partial charge on any atom is 0.331 e. The minimum atomic E-state index is -0.417. The van der Waals surface area contributed by atoms with Gasteiger partial charge in [-0.05, 0) is 40.5 Å². The molecule has 0 fully saturated rings. The molecule has 18 heavy (non-hydrogen) atoms. The number of ether oxygens (including phenoxy) is 1. The van der Waals surface area contributed by atoms with Gasteiger partial charge in [0.25, 0.3) is 0 Å². The minimum Gasteiger partial charge on any atom is -0.457 e. The molecule has 0 saturated carbocycles. The Morgan fingerprint density at radius 2 is 1.78 bits per heavy atom. The number of unbranched alkanes of at least 4 members (excludes halogenated alkanes) is 4. The van der Waals surface area contributed by atoms with Crippen molar-refractivity contribution in [2.45, 2.75) is 72.3 Å². The van der Waals surface area contributed by atoms with Crippen molar-refractivity contribution in [1.82, 2.24) is 0 Å². The van der Waals surface area contributed by atoms with Crippen LogP contribution in [0, 0.1) is 0 Å². The van der Waals surface area contributed by atoms with Gasteiger partial charge in [0, 0.05) is 6.08 Å². The second-order valence-corrected chi connectivity index (χ2v) is 5.66. The smallest absolute Gasteiger partial charge is 0.331 e. The van der Waals surface area contributed by atoms with Gasteiger partial charge >= 0.3 is 5.97 Å². The summed E-state index contributed by atoms with van der Waals surface area (Å²) in [5.41, 5.74) is 0.705. The molecule has 0 aromatic rings. The van der Waals surface area contributed by atoms with Crippen LogP contribution in [0.5, 0.6) is 0 Å². The Kier molecular flexibility index (Phi) is 8.43. The Bertz CT molecular complexity index is 293. The SMILES string of the molecule is CCCCCC/C=C(C)/C=C/C(=O)OC(C)(C)C. The van der Waals surface area contributed by atoms with Crippen LogP contribution < -0.4 is 0 Å². The van der Waals surface area contributed by atoms with E-state index >= 15 is 0 Å². The number of carbonyl (C=O) groups is 1. The Labute approximate surface area is 112 Å². The van der Waals surface area contributed by atoms with Gasteiger partial charge in [-0.15, -0.1) is 0 Å². The highest BCUT2D eigenvalue weighted by molar-refractivity contribution is 5.82. The molecular weight excluding hydrogens is 224 g/mol. The number of hydrogen-bond donors (Lipinski definition) is 0. The van der Waals surface area contributed by atoms with E-state index in [1.807, 2.05) is 33.8 Å². The molecular formula is C16H28O2. The predicted octanol–water partition coefficient (Wildman–Crippen LogP) is 4.80. The Balaban J connectivity index is 3.95. The van der Waals surface area contributed by atoms with Gasteiger partial charge in [-0.1, -0.05) is 43.9 Å². The normalized spacial score (nSPS) is 13.1. The first kappa shape index (κ1) is 16.9. The number of carbonyl (C=O) groups excluding carboxylic acids is 1. The molecule has 0 bridgehead atoms. The van der Waals surface area contributed by atoms with Crippen LogP contribution in [0.1, 0.15) is 66.7 Å². The van der Waals surface area contributed by atoms with Crippen LogP contribution in [0.25, 0.3) is 0 Å². The van der Waals surface area contributed by atoms with Crippen LogP contribution in [-0.4, -0.2) is 11.6 Å². The highest BCUT2D eigenvalue weighted by Gasteiger charge is 2.13. The summed E-state index contributed by atoms with van der Waals surface area (Å²) in [5.74, 6) is -0.277. The van der Waals surface area contributed by atoms with Crippen LogP contribution in [0.15, 0.2) is 23.8 Å². The lowest BCUT2D eigenvalue weighted by Gasteiger charge is -2.17. The summed E-state index contributed by atoms with van der Waals surface area (Å²) >= 11 is 0. The van der Waals surface area contributed by atoms with Crippen molar-refractivity contribution in [2.24, 2.45) is 0 Å². The van der Waals surface area contributed by atoms with Crippen molar-refractivity contribution in [3.8, 4) is 0 Å². The van der Waals surface area contributed by atoms with E-state index in [0.717, 1.165) is 12.0 Å². The van der Waals surface area contributed by atoms with Crippen molar-refractivity contribution in [3.63, 3.8) is 0 Å². The van der Waals surface area contributed by atoms with E-state index in [2.05, 4.69) is 13.0 Å². The van der Waals surface area contributed by atoms with Crippen molar-refractivity contribution < 1.29 is 9.53 Å². The maximum absolute atomic E-state index is 11.4. The van der Waals surface area contributed by atoms with Gasteiger partial charge in [0.2, 0.25) is 0 Å². The Morgan fingerprint density at radius 1 is 1.11 bits per heavy atom. The average molecular weight is 252 g/mol. The summed E-state index contributed by atoms with van der Waals surface area (Å²) in [5, 5.41) is 0. The van der Waals surface area contributed by atoms with E-state index in [1.54, 1.807) is 0 Å². The quantitative estimate of drug-likeness (QED) is 0.281. The molecule has 0 heterocycles. The first-order valence-corrected chi connectivity index (χ1v) is 6.93. The fourth-order valence-corrected chi connectivity index (χ4v) is 1.50. The fourth-order valence-electron chi connectivity index (χ4n) is 1.50. The number of allylic oxidation sites excluding steroid dienone is 3. The number of hydrogen-bond acceptors (Lipinski definition) is 2. The molecule has 0 amide bonds. The van der Waals surface area contributed by atoms with Crippen molar-refractivity contribution in [2.75, 3.05) is 0 Å². The molecule has 0 radical (unpaired) electrons. The zero-order valence-electron chi connectivity index (χ0n) is 12.6. The topological polar surface area (TPSA) is 26.3 Å². The van der Waals surface area contributed by atoms with E-state index in [-0.39, 0.29) is 5.97 Å². The second kappa shape index (κ2) is 8.96. The van der Waals surface area contributed by atoms with Gasteiger partial charge in [-0.2, -0.15) is 0 Å². The molecule has 2 nitrogen and oxygen atoms in total. The molecule has 0 atom stereocenters. The van der Waals surface area contributed by atoms with E-state index < -0.39 is 5.60 Å². The summed E-state index contributed by atoms with van der Waals surface area (Å²) in [6.07, 6.45) is 11.7. The third-order valence-electron chi connectivity index (χ3n) is 2.41. The molecule has 0 aromatic heterocycles. The van der Waals surface area contributed by atoms with Gasteiger partial charge in [0.05, 0.1) is 0 Å². The third-order valence-corrected chi connectivity index (χ3v) is 2.41. The van der Waals surface area contributed by atoms with Gasteiger partial charge in [-0.3, -0.25) is 0 Å². The lowest BCUT2D eigenvalue weighted by molar-refractivity contribution is -0.148. The molecule has 0 spiro atoms. The minimum absolute atomic E-state index is 0.277. The highest BCUT2D eigenvalue weighted by atomic mass is 16.6. The molecule has 0 rings (SSSR count). The van der Waals surface area contributed by atoms with E-state index in [1.165, 1.54) is 31.8 Å². The molecule has 0 unspecified atom stereocenters. The number of rotatable bonds is 7. The van der Waals surface area contributed by atoms with Gasteiger partial charge < -0.3 is 4.74 Å². The molecule has 0 N–H and O–H groups in total. The standard InChI is InChI=1S/C16H28O2/c1-6-7-8-9-10-11-14(2)12-13-15(17)18-16(3,4)5/h11-13H,6-10H2,1-5H3/b13-12+,14-11+. The van der Waals surface area contributed by atoms with E-state index in [9.17, 15) is 4.79 Å². The average Bonchev–Trinajstić information content (AvgIpc) is 2.24. The predicted molar refractivity (Wildman–Crippen MR) is 77.5 cm³/mol. The second-order valence-electron chi connectivity index (χ2n) is 5.66. The molecule has 0 aromatic carbocycles. The molecule has 0 aliphatic heterocycles. The van der Waals surface area contributed by atoms with Crippen LogP contribution in [0.4, 0.5) is 0 Å². The Hall–Kier alpha value is -1.05. The Morgan fingerprint density at radius 3 is 2.33 bits per heavy atom. The van der Waals surface area contributed by atoms with Crippen LogP contribution in [-0.2, 0) is 9.53 Å². The van der Waals surface area contributed by atoms with E-state index in [4.69, 9.17) is 4.74 Å². The lowest BCUT2D eigenvalue weighted by Crippen LogP contribution is -2.22. The molecule has 0 saturated heterocycles. The van der Waals surface area contributed by atoms with E-state index in [0.29, 0.717) is 0 Å². The largest absolute Gasteiger partial charge is 0.457 e. The molecule has 2 heteroatoms. The molecule has 0 aliphatic carbocycles. The van der Waals surface area contributed by atoms with Crippen molar-refractivity contribution >= 4 is 5.97 Å². The maximum atomic E-state index is 11.4. The summed E-state index contributed by atoms with van der Waals surface area (Å²) in [7, 11) is 0.